The van der Waals surface area contributed by atoms with Crippen LogP contribution < -0.4 is 15.4 Å². The highest BCUT2D eigenvalue weighted by molar-refractivity contribution is 6.32. The van der Waals surface area contributed by atoms with Crippen LogP contribution in [0.25, 0.3) is 0 Å². The first-order valence-corrected chi connectivity index (χ1v) is 9.46. The van der Waals surface area contributed by atoms with Crippen molar-refractivity contribution in [2.24, 2.45) is 0 Å². The standard InChI is InChI=1S/C21H25ClN2O3/c1-4-14(3)23-20(25)15-10-6-8-12-17(15)24-21(26)18(5-2)27-19-13-9-7-11-16(19)22/h6-14,18H,4-5H2,1-3H3,(H,23,25)(H,24,26)/t14-,18-/m0/s1. The summed E-state index contributed by atoms with van der Waals surface area (Å²) in [5, 5.41) is 6.16. The molecule has 144 valence electrons. The molecular weight excluding hydrogens is 364 g/mol. The van der Waals surface area contributed by atoms with Gasteiger partial charge in [-0.1, -0.05) is 49.7 Å². The van der Waals surface area contributed by atoms with Gasteiger partial charge in [0.1, 0.15) is 5.75 Å². The van der Waals surface area contributed by atoms with Gasteiger partial charge in [0, 0.05) is 6.04 Å². The van der Waals surface area contributed by atoms with Crippen molar-refractivity contribution >= 4 is 29.1 Å². The molecule has 0 heterocycles. The number of hydrogen-bond donors (Lipinski definition) is 2. The second-order valence-electron chi connectivity index (χ2n) is 6.26. The number of rotatable bonds is 8. The Morgan fingerprint density at radius 1 is 1.04 bits per heavy atom. The molecule has 0 aromatic heterocycles. The monoisotopic (exact) mass is 388 g/mol. The van der Waals surface area contributed by atoms with Gasteiger partial charge in [-0.3, -0.25) is 9.59 Å². The van der Waals surface area contributed by atoms with Gasteiger partial charge >= 0.3 is 0 Å². The first-order valence-electron chi connectivity index (χ1n) is 9.08. The van der Waals surface area contributed by atoms with Crippen LogP contribution in [-0.4, -0.2) is 24.0 Å². The van der Waals surface area contributed by atoms with Crippen molar-refractivity contribution < 1.29 is 14.3 Å². The summed E-state index contributed by atoms with van der Waals surface area (Å²) in [7, 11) is 0. The Morgan fingerprint density at radius 3 is 2.37 bits per heavy atom. The molecule has 0 saturated carbocycles. The molecular formula is C21H25ClN2O3. The number of hydrogen-bond acceptors (Lipinski definition) is 3. The number of carbonyl (C=O) groups is 2. The molecule has 0 fully saturated rings. The normalized spacial score (nSPS) is 12.7. The number of anilines is 1. The quantitative estimate of drug-likeness (QED) is 0.690. The Morgan fingerprint density at radius 2 is 1.70 bits per heavy atom. The number of nitrogens with one attached hydrogen (secondary N) is 2. The molecule has 0 unspecified atom stereocenters. The Labute approximate surface area is 165 Å². The fraction of sp³-hybridized carbons (Fsp3) is 0.333. The van der Waals surface area contributed by atoms with Crippen molar-refractivity contribution in [1.29, 1.82) is 0 Å². The number of ether oxygens (including phenoxy) is 1. The minimum atomic E-state index is -0.726. The zero-order valence-corrected chi connectivity index (χ0v) is 16.5. The van der Waals surface area contributed by atoms with Crippen molar-refractivity contribution in [2.75, 3.05) is 5.32 Å². The summed E-state index contributed by atoms with van der Waals surface area (Å²) in [6.07, 6.45) is 0.554. The molecule has 2 aromatic rings. The van der Waals surface area contributed by atoms with Crippen LogP contribution in [0.1, 0.15) is 44.0 Å². The van der Waals surface area contributed by atoms with Crippen LogP contribution in [0.3, 0.4) is 0 Å². The minimum absolute atomic E-state index is 0.0493. The smallest absolute Gasteiger partial charge is 0.265 e. The van der Waals surface area contributed by atoms with Gasteiger partial charge in [-0.25, -0.2) is 0 Å². The third kappa shape index (κ3) is 5.73. The van der Waals surface area contributed by atoms with E-state index in [1.165, 1.54) is 0 Å². The summed E-state index contributed by atoms with van der Waals surface area (Å²) >= 11 is 6.11. The average Bonchev–Trinajstić information content (AvgIpc) is 2.67. The van der Waals surface area contributed by atoms with Gasteiger partial charge in [-0.05, 0) is 44.0 Å². The highest BCUT2D eigenvalue weighted by atomic mass is 35.5. The van der Waals surface area contributed by atoms with E-state index in [-0.39, 0.29) is 17.9 Å². The third-order valence-electron chi connectivity index (χ3n) is 4.19. The fourth-order valence-corrected chi connectivity index (χ4v) is 2.60. The van der Waals surface area contributed by atoms with E-state index in [1.807, 2.05) is 20.8 Å². The van der Waals surface area contributed by atoms with Crippen LogP contribution in [0.15, 0.2) is 48.5 Å². The van der Waals surface area contributed by atoms with Crippen LogP contribution in [0.5, 0.6) is 5.75 Å². The molecule has 0 spiro atoms. The maximum Gasteiger partial charge on any atom is 0.265 e. The third-order valence-corrected chi connectivity index (χ3v) is 4.50. The van der Waals surface area contributed by atoms with Gasteiger partial charge in [0.2, 0.25) is 0 Å². The van der Waals surface area contributed by atoms with Crippen molar-refractivity contribution in [3.63, 3.8) is 0 Å². The molecule has 2 aromatic carbocycles. The second kappa shape index (κ2) is 9.97. The molecule has 2 rings (SSSR count). The predicted octanol–water partition coefficient (Wildman–Crippen LogP) is 4.66. The lowest BCUT2D eigenvalue weighted by atomic mass is 10.1. The van der Waals surface area contributed by atoms with Crippen LogP contribution in [-0.2, 0) is 4.79 Å². The van der Waals surface area contributed by atoms with E-state index < -0.39 is 6.10 Å². The molecule has 27 heavy (non-hydrogen) atoms. The number of halogens is 1. The van der Waals surface area contributed by atoms with Crippen molar-refractivity contribution in [2.45, 2.75) is 45.8 Å². The maximum atomic E-state index is 12.7. The lowest BCUT2D eigenvalue weighted by molar-refractivity contribution is -0.122. The van der Waals surface area contributed by atoms with Crippen LogP contribution >= 0.6 is 11.6 Å². The molecule has 0 saturated heterocycles. The Kier molecular flexibility index (Phi) is 7.67. The van der Waals surface area contributed by atoms with Gasteiger partial charge < -0.3 is 15.4 Å². The van der Waals surface area contributed by atoms with Crippen LogP contribution in [0, 0.1) is 0 Å². The summed E-state index contributed by atoms with van der Waals surface area (Å²) in [4.78, 5) is 25.2. The molecule has 0 radical (unpaired) electrons. The summed E-state index contributed by atoms with van der Waals surface area (Å²) < 4.78 is 5.77. The van der Waals surface area contributed by atoms with E-state index in [4.69, 9.17) is 16.3 Å². The molecule has 2 amide bonds. The molecule has 2 N–H and O–H groups in total. The molecule has 6 heteroatoms. The zero-order chi connectivity index (χ0) is 19.8. The average molecular weight is 389 g/mol. The summed E-state index contributed by atoms with van der Waals surface area (Å²) in [5.41, 5.74) is 0.864. The van der Waals surface area contributed by atoms with Crippen molar-refractivity contribution in [3.05, 3.63) is 59.1 Å². The Bertz CT molecular complexity index is 795. The summed E-state index contributed by atoms with van der Waals surface area (Å²) in [5.74, 6) is -0.106. The van der Waals surface area contributed by atoms with Crippen molar-refractivity contribution in [3.8, 4) is 5.75 Å². The molecule has 0 aliphatic heterocycles. The topological polar surface area (TPSA) is 67.4 Å². The van der Waals surface area contributed by atoms with Crippen LogP contribution in [0.4, 0.5) is 5.69 Å². The van der Waals surface area contributed by atoms with E-state index in [0.29, 0.717) is 28.4 Å². The van der Waals surface area contributed by atoms with Crippen LogP contribution in [0.2, 0.25) is 5.02 Å². The van der Waals surface area contributed by atoms with Crippen molar-refractivity contribution in [1.82, 2.24) is 5.32 Å². The SMILES string of the molecule is CC[C@H](Oc1ccccc1Cl)C(=O)Nc1ccccc1C(=O)N[C@@H](C)CC. The Balaban J connectivity index is 2.14. The number of para-hydroxylation sites is 2. The molecule has 0 aliphatic rings. The maximum absolute atomic E-state index is 12.7. The minimum Gasteiger partial charge on any atom is -0.479 e. The first kappa shape index (κ1) is 20.8. The molecule has 5 nitrogen and oxygen atoms in total. The molecule has 0 aliphatic carbocycles. The van der Waals surface area contributed by atoms with E-state index in [1.54, 1.807) is 48.5 Å². The zero-order valence-electron chi connectivity index (χ0n) is 15.8. The highest BCUT2D eigenvalue weighted by Gasteiger charge is 2.22. The number of amides is 2. The van der Waals surface area contributed by atoms with Gasteiger partial charge in [0.05, 0.1) is 16.3 Å². The predicted molar refractivity (Wildman–Crippen MR) is 108 cm³/mol. The largest absolute Gasteiger partial charge is 0.479 e. The highest BCUT2D eigenvalue weighted by Crippen LogP contribution is 2.25. The number of benzene rings is 2. The number of carbonyl (C=O) groups excluding carboxylic acids is 2. The molecule has 0 bridgehead atoms. The van der Waals surface area contributed by atoms with Gasteiger partial charge in [-0.15, -0.1) is 0 Å². The first-order chi connectivity index (χ1) is 13.0. The fourth-order valence-electron chi connectivity index (χ4n) is 2.42. The second-order valence-corrected chi connectivity index (χ2v) is 6.67. The van der Waals surface area contributed by atoms with Gasteiger partial charge in [0.25, 0.3) is 11.8 Å². The van der Waals surface area contributed by atoms with E-state index >= 15 is 0 Å². The lowest BCUT2D eigenvalue weighted by Crippen LogP contribution is -2.35. The molecule has 2 atom stereocenters. The lowest BCUT2D eigenvalue weighted by Gasteiger charge is -2.19. The summed E-state index contributed by atoms with van der Waals surface area (Å²) in [6, 6.07) is 14.0. The van der Waals surface area contributed by atoms with E-state index in [2.05, 4.69) is 10.6 Å². The van der Waals surface area contributed by atoms with Gasteiger partial charge in [0.15, 0.2) is 6.10 Å². The summed E-state index contributed by atoms with van der Waals surface area (Å²) in [6.45, 7) is 5.78. The van der Waals surface area contributed by atoms with E-state index in [0.717, 1.165) is 6.42 Å². The van der Waals surface area contributed by atoms with E-state index in [9.17, 15) is 9.59 Å². The van der Waals surface area contributed by atoms with Gasteiger partial charge in [-0.2, -0.15) is 0 Å². The Hall–Kier alpha value is -2.53.